The smallest absolute Gasteiger partial charge is 0.251 e. The molecule has 4 heteroatoms. The highest BCUT2D eigenvalue weighted by molar-refractivity contribution is 5.96. The van der Waals surface area contributed by atoms with Crippen molar-refractivity contribution >= 4 is 5.91 Å². The Morgan fingerprint density at radius 3 is 2.41 bits per heavy atom. The second-order valence-corrected chi connectivity index (χ2v) is 4.44. The second-order valence-electron chi connectivity index (χ2n) is 4.44. The molecule has 0 spiro atoms. The molecule has 0 unspecified atom stereocenters. The number of aryl methyl sites for hydroxylation is 1. The molecule has 1 amide bonds. The van der Waals surface area contributed by atoms with Crippen LogP contribution in [0.2, 0.25) is 0 Å². The van der Waals surface area contributed by atoms with Crippen LogP contribution in [0.1, 0.15) is 29.8 Å². The first-order valence-electron chi connectivity index (χ1n) is 5.79. The Balaban J connectivity index is 2.31. The van der Waals surface area contributed by atoms with Crippen LogP contribution in [0.15, 0.2) is 12.1 Å². The Hall–Kier alpha value is -1.71. The lowest BCUT2D eigenvalue weighted by Gasteiger charge is -2.20. The van der Waals surface area contributed by atoms with E-state index in [4.69, 9.17) is 9.47 Å². The normalized spacial score (nSPS) is 13.6. The fourth-order valence-corrected chi connectivity index (χ4v) is 1.77. The lowest BCUT2D eigenvalue weighted by Crippen LogP contribution is -2.30. The van der Waals surface area contributed by atoms with Crippen molar-refractivity contribution in [2.75, 3.05) is 13.2 Å². The van der Waals surface area contributed by atoms with E-state index in [9.17, 15) is 4.79 Å². The Morgan fingerprint density at radius 1 is 1.24 bits per heavy atom. The van der Waals surface area contributed by atoms with Crippen LogP contribution in [0.4, 0.5) is 0 Å². The maximum atomic E-state index is 12.0. The Labute approximate surface area is 101 Å². The van der Waals surface area contributed by atoms with Crippen LogP contribution in [0.3, 0.4) is 0 Å². The number of fused-ring (bicyclic) bond motifs is 1. The first kappa shape index (κ1) is 11.8. The summed E-state index contributed by atoms with van der Waals surface area (Å²) in [5, 5.41) is 2.87. The predicted octanol–water partition coefficient (Wildman–Crippen LogP) is 1.90. The summed E-state index contributed by atoms with van der Waals surface area (Å²) in [6, 6.07) is 3.72. The van der Waals surface area contributed by atoms with Gasteiger partial charge < -0.3 is 14.8 Å². The highest BCUT2D eigenvalue weighted by Crippen LogP contribution is 2.32. The van der Waals surface area contributed by atoms with Crippen molar-refractivity contribution in [1.29, 1.82) is 0 Å². The SMILES string of the molecule is Cc1cc2c(cc1C(=O)NC(C)C)OCCO2. The number of carbonyl (C=O) groups excluding carboxylic acids is 1. The molecule has 0 atom stereocenters. The molecule has 0 aromatic heterocycles. The van der Waals surface area contributed by atoms with Gasteiger partial charge in [0.15, 0.2) is 11.5 Å². The molecule has 2 rings (SSSR count). The van der Waals surface area contributed by atoms with Crippen molar-refractivity contribution < 1.29 is 14.3 Å². The third kappa shape index (κ3) is 2.52. The van der Waals surface area contributed by atoms with Crippen molar-refractivity contribution in [1.82, 2.24) is 5.32 Å². The number of nitrogens with one attached hydrogen (secondary N) is 1. The quantitative estimate of drug-likeness (QED) is 0.851. The van der Waals surface area contributed by atoms with Gasteiger partial charge in [0, 0.05) is 11.6 Å². The average molecular weight is 235 g/mol. The van der Waals surface area contributed by atoms with Crippen molar-refractivity contribution in [2.24, 2.45) is 0 Å². The van der Waals surface area contributed by atoms with E-state index in [2.05, 4.69) is 5.32 Å². The third-order valence-corrected chi connectivity index (χ3v) is 2.55. The van der Waals surface area contributed by atoms with Gasteiger partial charge in [-0.3, -0.25) is 4.79 Å². The lowest BCUT2D eigenvalue weighted by atomic mass is 10.1. The van der Waals surface area contributed by atoms with Gasteiger partial charge in [0.2, 0.25) is 0 Å². The summed E-state index contributed by atoms with van der Waals surface area (Å²) < 4.78 is 10.9. The first-order chi connectivity index (χ1) is 8.08. The number of ether oxygens (including phenoxy) is 2. The number of hydrogen-bond donors (Lipinski definition) is 1. The molecule has 0 radical (unpaired) electrons. The third-order valence-electron chi connectivity index (χ3n) is 2.55. The molecule has 1 aromatic rings. The van der Waals surface area contributed by atoms with Gasteiger partial charge in [-0.15, -0.1) is 0 Å². The molecule has 1 aliphatic rings. The van der Waals surface area contributed by atoms with Crippen LogP contribution < -0.4 is 14.8 Å². The highest BCUT2D eigenvalue weighted by atomic mass is 16.6. The van der Waals surface area contributed by atoms with E-state index >= 15 is 0 Å². The maximum absolute atomic E-state index is 12.0. The number of rotatable bonds is 2. The molecule has 1 aliphatic heterocycles. The van der Waals surface area contributed by atoms with Gasteiger partial charge >= 0.3 is 0 Å². The minimum absolute atomic E-state index is 0.0746. The fourth-order valence-electron chi connectivity index (χ4n) is 1.77. The minimum atomic E-state index is -0.0746. The summed E-state index contributed by atoms with van der Waals surface area (Å²) >= 11 is 0. The zero-order chi connectivity index (χ0) is 12.4. The van der Waals surface area contributed by atoms with Crippen molar-refractivity contribution in [3.63, 3.8) is 0 Å². The van der Waals surface area contributed by atoms with Crippen LogP contribution >= 0.6 is 0 Å². The molecule has 1 heterocycles. The van der Waals surface area contributed by atoms with Gasteiger partial charge in [0.25, 0.3) is 5.91 Å². The number of hydrogen-bond acceptors (Lipinski definition) is 3. The van der Waals surface area contributed by atoms with E-state index in [0.29, 0.717) is 24.5 Å². The molecule has 0 bridgehead atoms. The van der Waals surface area contributed by atoms with Crippen LogP contribution in [0, 0.1) is 6.92 Å². The van der Waals surface area contributed by atoms with Crippen molar-refractivity contribution in [3.8, 4) is 11.5 Å². The Morgan fingerprint density at radius 2 is 1.82 bits per heavy atom. The topological polar surface area (TPSA) is 47.6 Å². The summed E-state index contributed by atoms with van der Waals surface area (Å²) in [6.07, 6.45) is 0. The van der Waals surface area contributed by atoms with Crippen molar-refractivity contribution in [2.45, 2.75) is 26.8 Å². The largest absolute Gasteiger partial charge is 0.486 e. The Bertz CT molecular complexity index is 441. The standard InChI is InChI=1S/C13H17NO3/c1-8(2)14-13(15)10-7-12-11(6-9(10)3)16-4-5-17-12/h6-8H,4-5H2,1-3H3,(H,14,15). The summed E-state index contributed by atoms with van der Waals surface area (Å²) in [5.74, 6) is 1.29. The summed E-state index contributed by atoms with van der Waals surface area (Å²) in [4.78, 5) is 12.0. The summed E-state index contributed by atoms with van der Waals surface area (Å²) in [6.45, 7) is 6.86. The van der Waals surface area contributed by atoms with Gasteiger partial charge in [-0.05, 0) is 38.5 Å². The van der Waals surface area contributed by atoms with E-state index in [-0.39, 0.29) is 11.9 Å². The molecule has 1 N–H and O–H groups in total. The average Bonchev–Trinajstić information content (AvgIpc) is 2.27. The van der Waals surface area contributed by atoms with Gasteiger partial charge in [-0.1, -0.05) is 0 Å². The number of carbonyl (C=O) groups is 1. The van der Waals surface area contributed by atoms with Gasteiger partial charge in [-0.25, -0.2) is 0 Å². The summed E-state index contributed by atoms with van der Waals surface area (Å²) in [7, 11) is 0. The monoisotopic (exact) mass is 235 g/mol. The van der Waals surface area contributed by atoms with Gasteiger partial charge in [0.05, 0.1) is 0 Å². The summed E-state index contributed by atoms with van der Waals surface area (Å²) in [5.41, 5.74) is 1.54. The number of benzene rings is 1. The zero-order valence-corrected chi connectivity index (χ0v) is 10.4. The predicted molar refractivity (Wildman–Crippen MR) is 64.8 cm³/mol. The van der Waals surface area contributed by atoms with E-state index < -0.39 is 0 Å². The molecule has 17 heavy (non-hydrogen) atoms. The van der Waals surface area contributed by atoms with E-state index in [1.807, 2.05) is 26.8 Å². The van der Waals surface area contributed by atoms with Gasteiger partial charge in [0.1, 0.15) is 13.2 Å². The van der Waals surface area contributed by atoms with E-state index in [1.165, 1.54) is 0 Å². The molecular formula is C13H17NO3. The molecule has 92 valence electrons. The van der Waals surface area contributed by atoms with E-state index in [0.717, 1.165) is 11.3 Å². The van der Waals surface area contributed by atoms with E-state index in [1.54, 1.807) is 6.07 Å². The second kappa shape index (κ2) is 4.65. The molecule has 1 aromatic carbocycles. The zero-order valence-electron chi connectivity index (χ0n) is 10.4. The molecule has 0 saturated heterocycles. The first-order valence-corrected chi connectivity index (χ1v) is 5.79. The highest BCUT2D eigenvalue weighted by Gasteiger charge is 2.18. The maximum Gasteiger partial charge on any atom is 0.251 e. The molecular weight excluding hydrogens is 218 g/mol. The van der Waals surface area contributed by atoms with Crippen LogP contribution in [-0.2, 0) is 0 Å². The lowest BCUT2D eigenvalue weighted by molar-refractivity contribution is 0.0941. The fraction of sp³-hybridized carbons (Fsp3) is 0.462. The van der Waals surface area contributed by atoms with Crippen molar-refractivity contribution in [3.05, 3.63) is 23.3 Å². The minimum Gasteiger partial charge on any atom is -0.486 e. The van der Waals surface area contributed by atoms with Gasteiger partial charge in [-0.2, -0.15) is 0 Å². The molecule has 0 aliphatic carbocycles. The van der Waals surface area contributed by atoms with Crippen LogP contribution in [-0.4, -0.2) is 25.2 Å². The molecule has 0 saturated carbocycles. The Kier molecular flexibility index (Phi) is 3.22. The molecule has 0 fully saturated rings. The molecule has 4 nitrogen and oxygen atoms in total. The van der Waals surface area contributed by atoms with Crippen LogP contribution in [0.25, 0.3) is 0 Å². The van der Waals surface area contributed by atoms with Crippen LogP contribution in [0.5, 0.6) is 11.5 Å². The number of amides is 1.